The fourth-order valence-corrected chi connectivity index (χ4v) is 2.64. The van der Waals surface area contributed by atoms with Crippen molar-refractivity contribution in [2.24, 2.45) is 0 Å². The minimum absolute atomic E-state index is 0.125. The molecule has 1 saturated carbocycles. The SMILES string of the molecule is Cc1ccc(OC2(CO)CCCCC2)c(C)c1. The highest BCUT2D eigenvalue weighted by molar-refractivity contribution is 5.36. The molecule has 0 spiro atoms. The number of aliphatic hydroxyl groups is 1. The molecule has 1 aromatic carbocycles. The molecule has 0 atom stereocenters. The first-order chi connectivity index (χ1) is 8.15. The fraction of sp³-hybridized carbons (Fsp3) is 0.600. The lowest BCUT2D eigenvalue weighted by Crippen LogP contribution is -2.42. The van der Waals surface area contributed by atoms with E-state index in [0.717, 1.165) is 37.0 Å². The van der Waals surface area contributed by atoms with Gasteiger partial charge in [0.15, 0.2) is 0 Å². The van der Waals surface area contributed by atoms with Crippen molar-refractivity contribution < 1.29 is 9.84 Å². The van der Waals surface area contributed by atoms with Gasteiger partial charge in [-0.15, -0.1) is 0 Å². The minimum atomic E-state index is -0.335. The van der Waals surface area contributed by atoms with Gasteiger partial charge in [-0.2, -0.15) is 0 Å². The summed E-state index contributed by atoms with van der Waals surface area (Å²) in [6.07, 6.45) is 5.52. The Morgan fingerprint density at radius 2 is 1.88 bits per heavy atom. The molecule has 1 fully saturated rings. The average molecular weight is 234 g/mol. The van der Waals surface area contributed by atoms with E-state index in [4.69, 9.17) is 4.74 Å². The zero-order valence-electron chi connectivity index (χ0n) is 10.8. The summed E-state index contributed by atoms with van der Waals surface area (Å²) in [5, 5.41) is 9.62. The van der Waals surface area contributed by atoms with Gasteiger partial charge in [-0.05, 0) is 51.2 Å². The van der Waals surface area contributed by atoms with Gasteiger partial charge in [-0.3, -0.25) is 0 Å². The number of hydrogen-bond donors (Lipinski definition) is 1. The molecule has 0 bridgehead atoms. The van der Waals surface area contributed by atoms with Crippen molar-refractivity contribution in [2.45, 2.75) is 51.6 Å². The van der Waals surface area contributed by atoms with Gasteiger partial charge in [-0.1, -0.05) is 24.1 Å². The average Bonchev–Trinajstić information content (AvgIpc) is 2.34. The van der Waals surface area contributed by atoms with Crippen LogP contribution >= 0.6 is 0 Å². The van der Waals surface area contributed by atoms with Crippen molar-refractivity contribution in [3.05, 3.63) is 29.3 Å². The van der Waals surface area contributed by atoms with Crippen LogP contribution in [0.15, 0.2) is 18.2 Å². The van der Waals surface area contributed by atoms with Crippen LogP contribution in [-0.2, 0) is 0 Å². The summed E-state index contributed by atoms with van der Waals surface area (Å²) < 4.78 is 6.13. The van der Waals surface area contributed by atoms with E-state index in [9.17, 15) is 5.11 Å². The number of aryl methyl sites for hydroxylation is 2. The van der Waals surface area contributed by atoms with Gasteiger partial charge in [0.2, 0.25) is 0 Å². The second-order valence-electron chi connectivity index (χ2n) is 5.27. The molecule has 0 unspecified atom stereocenters. The van der Waals surface area contributed by atoms with Crippen LogP contribution in [0.1, 0.15) is 43.2 Å². The third kappa shape index (κ3) is 2.81. The standard InChI is InChI=1S/C15H22O2/c1-12-6-7-14(13(2)10-12)17-15(11-16)8-4-3-5-9-15/h6-7,10,16H,3-5,8-9,11H2,1-2H3. The summed E-state index contributed by atoms with van der Waals surface area (Å²) >= 11 is 0. The maximum atomic E-state index is 9.62. The lowest BCUT2D eigenvalue weighted by molar-refractivity contribution is -0.0202. The van der Waals surface area contributed by atoms with Gasteiger partial charge in [-0.25, -0.2) is 0 Å². The Morgan fingerprint density at radius 3 is 2.47 bits per heavy atom. The first kappa shape index (κ1) is 12.4. The Labute approximate surface area is 104 Å². The summed E-state index contributed by atoms with van der Waals surface area (Å²) in [5.41, 5.74) is 2.07. The maximum absolute atomic E-state index is 9.62. The molecule has 0 saturated heterocycles. The Balaban J connectivity index is 2.17. The summed E-state index contributed by atoms with van der Waals surface area (Å²) in [7, 11) is 0. The molecule has 0 amide bonds. The van der Waals surface area contributed by atoms with Crippen molar-refractivity contribution in [1.82, 2.24) is 0 Å². The van der Waals surface area contributed by atoms with Gasteiger partial charge in [0.05, 0.1) is 6.61 Å². The molecule has 1 aliphatic rings. The number of aliphatic hydroxyl groups excluding tert-OH is 1. The second-order valence-corrected chi connectivity index (χ2v) is 5.27. The van der Waals surface area contributed by atoms with Gasteiger partial charge < -0.3 is 9.84 Å². The van der Waals surface area contributed by atoms with Crippen LogP contribution in [-0.4, -0.2) is 17.3 Å². The highest BCUT2D eigenvalue weighted by Gasteiger charge is 2.33. The molecule has 0 aromatic heterocycles. The smallest absolute Gasteiger partial charge is 0.132 e. The van der Waals surface area contributed by atoms with Crippen LogP contribution < -0.4 is 4.74 Å². The zero-order valence-corrected chi connectivity index (χ0v) is 10.8. The lowest BCUT2D eigenvalue weighted by Gasteiger charge is -2.36. The molecule has 2 rings (SSSR count). The van der Waals surface area contributed by atoms with E-state index in [1.165, 1.54) is 12.0 Å². The van der Waals surface area contributed by atoms with Crippen molar-refractivity contribution in [3.63, 3.8) is 0 Å². The number of hydrogen-bond acceptors (Lipinski definition) is 2. The van der Waals surface area contributed by atoms with Crippen molar-refractivity contribution in [3.8, 4) is 5.75 Å². The fourth-order valence-electron chi connectivity index (χ4n) is 2.64. The molecule has 94 valence electrons. The van der Waals surface area contributed by atoms with Gasteiger partial charge >= 0.3 is 0 Å². The molecule has 2 heteroatoms. The van der Waals surface area contributed by atoms with E-state index >= 15 is 0 Å². The van der Waals surface area contributed by atoms with Gasteiger partial charge in [0, 0.05) is 0 Å². The monoisotopic (exact) mass is 234 g/mol. The topological polar surface area (TPSA) is 29.5 Å². The van der Waals surface area contributed by atoms with Crippen LogP contribution in [0.5, 0.6) is 5.75 Å². The van der Waals surface area contributed by atoms with Crippen LogP contribution in [0, 0.1) is 13.8 Å². The predicted octanol–water partition coefficient (Wildman–Crippen LogP) is 3.38. The van der Waals surface area contributed by atoms with E-state index in [-0.39, 0.29) is 12.2 Å². The molecule has 17 heavy (non-hydrogen) atoms. The van der Waals surface area contributed by atoms with Crippen molar-refractivity contribution >= 4 is 0 Å². The summed E-state index contributed by atoms with van der Waals surface area (Å²) in [6, 6.07) is 6.22. The second kappa shape index (κ2) is 5.09. The number of ether oxygens (including phenoxy) is 1. The molecule has 0 aliphatic heterocycles. The summed E-state index contributed by atoms with van der Waals surface area (Å²) in [5.74, 6) is 0.923. The molecule has 2 nitrogen and oxygen atoms in total. The number of benzene rings is 1. The third-order valence-corrected chi connectivity index (χ3v) is 3.71. The van der Waals surface area contributed by atoms with Crippen LogP contribution in [0.25, 0.3) is 0 Å². The van der Waals surface area contributed by atoms with Crippen LogP contribution in [0.3, 0.4) is 0 Å². The summed E-state index contributed by atoms with van der Waals surface area (Å²) in [6.45, 7) is 4.27. The van der Waals surface area contributed by atoms with Crippen molar-refractivity contribution in [1.29, 1.82) is 0 Å². The largest absolute Gasteiger partial charge is 0.485 e. The Kier molecular flexibility index (Phi) is 3.72. The van der Waals surface area contributed by atoms with E-state index in [0.29, 0.717) is 0 Å². The van der Waals surface area contributed by atoms with E-state index in [2.05, 4.69) is 26.0 Å². The first-order valence-electron chi connectivity index (χ1n) is 6.52. The van der Waals surface area contributed by atoms with Crippen molar-refractivity contribution in [2.75, 3.05) is 6.61 Å². The van der Waals surface area contributed by atoms with Crippen LogP contribution in [0.4, 0.5) is 0 Å². The highest BCUT2D eigenvalue weighted by Crippen LogP contribution is 2.34. The normalized spacial score (nSPS) is 19.0. The molecule has 1 aromatic rings. The van der Waals surface area contributed by atoms with Gasteiger partial charge in [0.25, 0.3) is 0 Å². The Morgan fingerprint density at radius 1 is 1.18 bits per heavy atom. The molecular formula is C15H22O2. The molecule has 1 aliphatic carbocycles. The third-order valence-electron chi connectivity index (χ3n) is 3.71. The van der Waals surface area contributed by atoms with E-state index in [1.54, 1.807) is 0 Å². The van der Waals surface area contributed by atoms with Crippen LogP contribution in [0.2, 0.25) is 0 Å². The minimum Gasteiger partial charge on any atom is -0.485 e. The Hall–Kier alpha value is -1.02. The molecule has 0 heterocycles. The quantitative estimate of drug-likeness (QED) is 0.868. The molecule has 1 N–H and O–H groups in total. The van der Waals surface area contributed by atoms with Gasteiger partial charge in [0.1, 0.15) is 11.4 Å². The lowest BCUT2D eigenvalue weighted by atomic mass is 9.85. The highest BCUT2D eigenvalue weighted by atomic mass is 16.5. The van der Waals surface area contributed by atoms with E-state index in [1.807, 2.05) is 6.07 Å². The van der Waals surface area contributed by atoms with E-state index < -0.39 is 0 Å². The maximum Gasteiger partial charge on any atom is 0.132 e. The Bertz CT molecular complexity index is 379. The summed E-state index contributed by atoms with van der Waals surface area (Å²) in [4.78, 5) is 0. The number of rotatable bonds is 3. The molecular weight excluding hydrogens is 212 g/mol. The first-order valence-corrected chi connectivity index (χ1v) is 6.52. The molecule has 0 radical (unpaired) electrons. The predicted molar refractivity (Wildman–Crippen MR) is 69.4 cm³/mol. The zero-order chi connectivity index (χ0) is 12.3.